The molecule has 1 aromatic carbocycles. The second-order valence-electron chi connectivity index (χ2n) is 9.37. The van der Waals surface area contributed by atoms with Crippen LogP contribution >= 0.6 is 11.3 Å². The van der Waals surface area contributed by atoms with Crippen LogP contribution in [0.5, 0.6) is 0 Å². The molecule has 1 saturated heterocycles. The molecule has 0 saturated carbocycles. The summed E-state index contributed by atoms with van der Waals surface area (Å²) in [5.41, 5.74) is 7.97. The van der Waals surface area contributed by atoms with Crippen LogP contribution in [0, 0.1) is 0 Å². The first kappa shape index (κ1) is 21.4. The van der Waals surface area contributed by atoms with E-state index in [0.717, 1.165) is 61.7 Å². The van der Waals surface area contributed by atoms with Crippen LogP contribution in [0.1, 0.15) is 24.8 Å². The van der Waals surface area contributed by atoms with Gasteiger partial charge in [0.15, 0.2) is 5.82 Å². The van der Waals surface area contributed by atoms with Gasteiger partial charge in [-0.2, -0.15) is 5.10 Å². The number of aromatic amines is 2. The molecule has 6 heterocycles. The Morgan fingerprint density at radius 3 is 2.75 bits per heavy atom. The number of hydrogen-bond acceptors (Lipinski definition) is 6. The Kier molecular flexibility index (Phi) is 5.33. The normalized spacial score (nSPS) is 14.7. The van der Waals surface area contributed by atoms with Gasteiger partial charge >= 0.3 is 0 Å². The van der Waals surface area contributed by atoms with Crippen molar-refractivity contribution in [1.29, 1.82) is 0 Å². The van der Waals surface area contributed by atoms with Crippen LogP contribution < -0.4 is 0 Å². The van der Waals surface area contributed by atoms with Gasteiger partial charge in [0.1, 0.15) is 16.9 Å². The van der Waals surface area contributed by atoms with Crippen molar-refractivity contribution in [3.63, 3.8) is 0 Å². The maximum absolute atomic E-state index is 4.93. The highest BCUT2D eigenvalue weighted by atomic mass is 32.1. The molecule has 0 radical (unpaired) electrons. The predicted octanol–water partition coefficient (Wildman–Crippen LogP) is 6.28. The molecule has 1 aliphatic rings. The van der Waals surface area contributed by atoms with Gasteiger partial charge in [-0.3, -0.25) is 20.0 Å². The lowest BCUT2D eigenvalue weighted by atomic mass is 10.0. The first-order chi connectivity index (χ1) is 17.8. The monoisotopic (exact) mass is 491 g/mol. The Bertz CT molecular complexity index is 1660. The zero-order valence-corrected chi connectivity index (χ0v) is 20.6. The fraction of sp³-hybridized carbons (Fsp3) is 0.214. The molecule has 0 bridgehead atoms. The van der Waals surface area contributed by atoms with E-state index in [1.807, 2.05) is 30.7 Å². The van der Waals surface area contributed by atoms with Crippen molar-refractivity contribution in [1.82, 2.24) is 35.0 Å². The van der Waals surface area contributed by atoms with Gasteiger partial charge in [-0.25, -0.2) is 4.98 Å². The van der Waals surface area contributed by atoms with Crippen molar-refractivity contribution in [3.05, 3.63) is 72.0 Å². The summed E-state index contributed by atoms with van der Waals surface area (Å²) in [5, 5.41) is 10.9. The number of fused-ring (bicyclic) bond motifs is 2. The summed E-state index contributed by atoms with van der Waals surface area (Å²) in [4.78, 5) is 21.2. The summed E-state index contributed by atoms with van der Waals surface area (Å²) < 4.78 is 0. The van der Waals surface area contributed by atoms with Crippen molar-refractivity contribution in [2.75, 3.05) is 13.1 Å². The van der Waals surface area contributed by atoms with E-state index in [0.29, 0.717) is 0 Å². The van der Waals surface area contributed by atoms with Crippen LogP contribution in [0.3, 0.4) is 0 Å². The lowest BCUT2D eigenvalue weighted by molar-refractivity contribution is 0.220. The minimum absolute atomic E-state index is 0.733. The van der Waals surface area contributed by atoms with Gasteiger partial charge in [-0.15, -0.1) is 11.3 Å². The van der Waals surface area contributed by atoms with E-state index in [1.165, 1.54) is 37.9 Å². The molecule has 6 aromatic rings. The number of H-pyrrole nitrogens is 2. The van der Waals surface area contributed by atoms with Crippen LogP contribution in [0.4, 0.5) is 0 Å². The Balaban J connectivity index is 1.26. The third kappa shape index (κ3) is 3.88. The standard InChI is InChI=1S/C28H25N7S/c1-2-10-35(11-3-1)17-18-13-20(16-29-15-18)19-6-7-22-21(14-19)25(34-33-22)28-31-23-8-9-30-27(26(23)32-28)24-5-4-12-36-24/h4-9,12-16H,1-3,10-11,17H2,(H,31,32)(H,33,34). The number of hydrogen-bond donors (Lipinski definition) is 2. The lowest BCUT2D eigenvalue weighted by Crippen LogP contribution is -2.29. The quantitative estimate of drug-likeness (QED) is 0.296. The molecular formula is C28H25N7S. The summed E-state index contributed by atoms with van der Waals surface area (Å²) in [7, 11) is 0. The number of thiophene rings is 1. The summed E-state index contributed by atoms with van der Waals surface area (Å²) in [6, 6.07) is 14.7. The summed E-state index contributed by atoms with van der Waals surface area (Å²) in [6.45, 7) is 3.31. The highest BCUT2D eigenvalue weighted by Crippen LogP contribution is 2.33. The van der Waals surface area contributed by atoms with Crippen molar-refractivity contribution < 1.29 is 0 Å². The largest absolute Gasteiger partial charge is 0.336 e. The van der Waals surface area contributed by atoms with E-state index < -0.39 is 0 Å². The molecule has 0 spiro atoms. The SMILES string of the molecule is c1csc(-c2nccc3[nH]c(-c4n[nH]c5ccc(-c6cncc(CN7CCCCC7)c6)cc45)nc23)c1. The molecule has 0 atom stereocenters. The van der Waals surface area contributed by atoms with E-state index in [2.05, 4.69) is 65.8 Å². The molecule has 1 aliphatic heterocycles. The predicted molar refractivity (Wildman–Crippen MR) is 145 cm³/mol. The molecule has 8 heteroatoms. The molecule has 1 fully saturated rings. The Morgan fingerprint density at radius 1 is 0.917 bits per heavy atom. The Morgan fingerprint density at radius 2 is 1.86 bits per heavy atom. The van der Waals surface area contributed by atoms with Crippen molar-refractivity contribution in [2.45, 2.75) is 25.8 Å². The number of aromatic nitrogens is 6. The molecule has 0 unspecified atom stereocenters. The van der Waals surface area contributed by atoms with Gasteiger partial charge in [0.25, 0.3) is 0 Å². The minimum Gasteiger partial charge on any atom is -0.336 e. The number of nitrogens with one attached hydrogen (secondary N) is 2. The van der Waals surface area contributed by atoms with E-state index in [1.54, 1.807) is 11.3 Å². The van der Waals surface area contributed by atoms with Crippen LogP contribution in [0.15, 0.2) is 66.4 Å². The fourth-order valence-corrected chi connectivity index (χ4v) is 5.84. The van der Waals surface area contributed by atoms with Crippen molar-refractivity contribution >= 4 is 33.3 Å². The van der Waals surface area contributed by atoms with Gasteiger partial charge in [0.05, 0.1) is 15.9 Å². The molecule has 0 aliphatic carbocycles. The van der Waals surface area contributed by atoms with Gasteiger partial charge < -0.3 is 4.98 Å². The van der Waals surface area contributed by atoms with E-state index >= 15 is 0 Å². The average Bonchev–Trinajstić information content (AvgIpc) is 3.68. The third-order valence-electron chi connectivity index (χ3n) is 6.93. The number of likely N-dealkylation sites (tertiary alicyclic amines) is 1. The van der Waals surface area contributed by atoms with Crippen LogP contribution in [0.25, 0.3) is 55.2 Å². The van der Waals surface area contributed by atoms with Gasteiger partial charge in [-0.1, -0.05) is 18.6 Å². The highest BCUT2D eigenvalue weighted by molar-refractivity contribution is 7.13. The van der Waals surface area contributed by atoms with E-state index in [4.69, 9.17) is 4.98 Å². The molecule has 7 nitrogen and oxygen atoms in total. The van der Waals surface area contributed by atoms with Crippen LogP contribution in [-0.2, 0) is 6.54 Å². The van der Waals surface area contributed by atoms with Gasteiger partial charge in [0.2, 0.25) is 0 Å². The first-order valence-electron chi connectivity index (χ1n) is 12.4. The summed E-state index contributed by atoms with van der Waals surface area (Å²) >= 11 is 1.66. The summed E-state index contributed by atoms with van der Waals surface area (Å²) in [5.74, 6) is 0.733. The number of nitrogens with zero attached hydrogens (tertiary/aromatic N) is 5. The molecule has 2 N–H and O–H groups in total. The fourth-order valence-electron chi connectivity index (χ4n) is 5.12. The summed E-state index contributed by atoms with van der Waals surface area (Å²) in [6.07, 6.45) is 9.69. The molecule has 5 aromatic heterocycles. The number of benzene rings is 1. The molecule has 7 rings (SSSR count). The van der Waals surface area contributed by atoms with Crippen LogP contribution in [-0.4, -0.2) is 48.1 Å². The maximum atomic E-state index is 4.93. The maximum Gasteiger partial charge on any atom is 0.159 e. The number of imidazole rings is 1. The minimum atomic E-state index is 0.733. The van der Waals surface area contributed by atoms with Crippen molar-refractivity contribution in [3.8, 4) is 33.2 Å². The second-order valence-corrected chi connectivity index (χ2v) is 10.3. The zero-order chi connectivity index (χ0) is 23.9. The van der Waals surface area contributed by atoms with Crippen molar-refractivity contribution in [2.24, 2.45) is 0 Å². The number of rotatable bonds is 5. The number of piperidine rings is 1. The molecular weight excluding hydrogens is 466 g/mol. The molecule has 178 valence electrons. The Hall–Kier alpha value is -3.88. The zero-order valence-electron chi connectivity index (χ0n) is 19.7. The third-order valence-corrected chi connectivity index (χ3v) is 7.80. The Labute approximate surface area is 212 Å². The molecule has 0 amide bonds. The lowest BCUT2D eigenvalue weighted by Gasteiger charge is -2.26. The molecule has 36 heavy (non-hydrogen) atoms. The smallest absolute Gasteiger partial charge is 0.159 e. The van der Waals surface area contributed by atoms with Gasteiger partial charge in [0, 0.05) is 36.1 Å². The average molecular weight is 492 g/mol. The number of pyridine rings is 2. The topological polar surface area (TPSA) is 86.4 Å². The van der Waals surface area contributed by atoms with E-state index in [9.17, 15) is 0 Å². The first-order valence-corrected chi connectivity index (χ1v) is 13.2. The van der Waals surface area contributed by atoms with Gasteiger partial charge in [-0.05, 0) is 72.8 Å². The second kappa shape index (κ2) is 8.96. The van der Waals surface area contributed by atoms with Crippen LogP contribution in [0.2, 0.25) is 0 Å². The van der Waals surface area contributed by atoms with E-state index in [-0.39, 0.29) is 0 Å². The highest BCUT2D eigenvalue weighted by Gasteiger charge is 2.17.